The molecular formula is C32H40N2O2. The third-order valence-corrected chi connectivity index (χ3v) is 9.78. The minimum absolute atomic E-state index is 0.0138. The predicted molar refractivity (Wildman–Crippen MR) is 143 cm³/mol. The van der Waals surface area contributed by atoms with E-state index >= 15 is 0 Å². The topological polar surface area (TPSA) is 32.8 Å². The number of esters is 1. The summed E-state index contributed by atoms with van der Waals surface area (Å²) in [6, 6.07) is 22.0. The third kappa shape index (κ3) is 4.43. The number of benzene rings is 2. The summed E-state index contributed by atoms with van der Waals surface area (Å²) in [5, 5.41) is 0. The van der Waals surface area contributed by atoms with Gasteiger partial charge >= 0.3 is 5.97 Å². The van der Waals surface area contributed by atoms with E-state index in [0.29, 0.717) is 11.8 Å². The number of ether oxygens (including phenoxy) is 1. The van der Waals surface area contributed by atoms with Crippen LogP contribution >= 0.6 is 0 Å². The van der Waals surface area contributed by atoms with Crippen LogP contribution in [0.1, 0.15) is 56.2 Å². The summed E-state index contributed by atoms with van der Waals surface area (Å²) >= 11 is 0. The summed E-state index contributed by atoms with van der Waals surface area (Å²) < 4.78 is 6.04. The standard InChI is InChI=1S/C32H40N2O2/c1-23-10-9-15-32(2)21-29-26(20-28(23)32)27(31(35)36-29)22-33-16-18-34(19-17-33)30(24-11-5-3-6-12-24)25-13-7-4-8-14-25/h3-8,11-14,26-30H,1,9-10,15-22H2,2H3/t26-,27-,28+,29-,32-/m1/s1. The highest BCUT2D eigenvalue weighted by Crippen LogP contribution is 2.57. The van der Waals surface area contributed by atoms with E-state index in [2.05, 4.69) is 84.0 Å². The monoisotopic (exact) mass is 484 g/mol. The fourth-order valence-corrected chi connectivity index (χ4v) is 7.83. The van der Waals surface area contributed by atoms with Crippen molar-refractivity contribution in [1.29, 1.82) is 0 Å². The highest BCUT2D eigenvalue weighted by Gasteiger charge is 2.55. The Bertz CT molecular complexity index is 1040. The van der Waals surface area contributed by atoms with E-state index in [0.717, 1.165) is 52.0 Å². The molecule has 6 rings (SSSR count). The number of allylic oxidation sites excluding steroid dienone is 1. The van der Waals surface area contributed by atoms with Gasteiger partial charge in [-0.3, -0.25) is 14.6 Å². The van der Waals surface area contributed by atoms with E-state index in [9.17, 15) is 4.79 Å². The van der Waals surface area contributed by atoms with Gasteiger partial charge in [-0.15, -0.1) is 0 Å². The molecule has 2 aliphatic heterocycles. The molecule has 36 heavy (non-hydrogen) atoms. The highest BCUT2D eigenvalue weighted by molar-refractivity contribution is 5.75. The lowest BCUT2D eigenvalue weighted by molar-refractivity contribution is -0.146. The maximum absolute atomic E-state index is 13.1. The molecule has 2 aromatic rings. The van der Waals surface area contributed by atoms with Gasteiger partial charge in [0.1, 0.15) is 6.10 Å². The average molecular weight is 485 g/mol. The molecular weight excluding hydrogens is 444 g/mol. The molecule has 2 saturated heterocycles. The first-order valence-corrected chi connectivity index (χ1v) is 14.0. The Labute approximate surface area is 216 Å². The van der Waals surface area contributed by atoms with Crippen LogP contribution in [0.2, 0.25) is 0 Å². The summed E-state index contributed by atoms with van der Waals surface area (Å²) in [5.41, 5.74) is 4.37. The summed E-state index contributed by atoms with van der Waals surface area (Å²) in [6.45, 7) is 11.7. The van der Waals surface area contributed by atoms with Crippen LogP contribution in [0.5, 0.6) is 0 Å². The van der Waals surface area contributed by atoms with Crippen LogP contribution < -0.4 is 0 Å². The van der Waals surface area contributed by atoms with E-state index in [1.54, 1.807) is 0 Å². The molecule has 0 bridgehead atoms. The Morgan fingerprint density at radius 3 is 2.28 bits per heavy atom. The molecule has 0 N–H and O–H groups in total. The van der Waals surface area contributed by atoms with Crippen molar-refractivity contribution in [2.45, 2.75) is 51.2 Å². The first-order chi connectivity index (χ1) is 17.5. The molecule has 0 unspecified atom stereocenters. The Balaban J connectivity index is 1.13. The predicted octanol–water partition coefficient (Wildman–Crippen LogP) is 5.71. The Kier molecular flexibility index (Phi) is 6.51. The van der Waals surface area contributed by atoms with Gasteiger partial charge in [-0.25, -0.2) is 0 Å². The summed E-state index contributed by atoms with van der Waals surface area (Å²) in [7, 11) is 0. The third-order valence-electron chi connectivity index (χ3n) is 9.78. The van der Waals surface area contributed by atoms with Crippen LogP contribution in [0, 0.1) is 23.2 Å². The van der Waals surface area contributed by atoms with E-state index in [1.165, 1.54) is 29.5 Å². The van der Waals surface area contributed by atoms with Crippen LogP contribution in [-0.4, -0.2) is 54.6 Å². The fraction of sp³-hybridized carbons (Fsp3) is 0.531. The largest absolute Gasteiger partial charge is 0.462 e. The zero-order valence-corrected chi connectivity index (χ0v) is 21.6. The number of rotatable bonds is 5. The Morgan fingerprint density at radius 1 is 1.00 bits per heavy atom. The van der Waals surface area contributed by atoms with Gasteiger partial charge in [-0.1, -0.05) is 79.7 Å². The number of hydrogen-bond donors (Lipinski definition) is 0. The molecule has 5 atom stereocenters. The number of carbonyl (C=O) groups is 1. The van der Waals surface area contributed by atoms with Crippen LogP contribution in [0.3, 0.4) is 0 Å². The number of fused-ring (bicyclic) bond motifs is 2. The molecule has 2 aromatic carbocycles. The molecule has 2 heterocycles. The van der Waals surface area contributed by atoms with Gasteiger partial charge in [0.15, 0.2) is 0 Å². The average Bonchev–Trinajstić information content (AvgIpc) is 3.18. The van der Waals surface area contributed by atoms with E-state index in [-0.39, 0.29) is 29.4 Å². The Morgan fingerprint density at radius 2 is 1.64 bits per heavy atom. The van der Waals surface area contributed by atoms with Crippen LogP contribution in [0.15, 0.2) is 72.8 Å². The quantitative estimate of drug-likeness (QED) is 0.402. The maximum Gasteiger partial charge on any atom is 0.310 e. The van der Waals surface area contributed by atoms with Crippen molar-refractivity contribution >= 4 is 5.97 Å². The molecule has 4 heteroatoms. The van der Waals surface area contributed by atoms with Gasteiger partial charge in [-0.2, -0.15) is 0 Å². The highest BCUT2D eigenvalue weighted by atomic mass is 16.6. The molecule has 2 aliphatic carbocycles. The first kappa shape index (κ1) is 23.9. The normalized spacial score (nSPS) is 33.3. The lowest BCUT2D eigenvalue weighted by Crippen LogP contribution is -2.50. The van der Waals surface area contributed by atoms with Gasteiger partial charge in [0.2, 0.25) is 0 Å². The van der Waals surface area contributed by atoms with Crippen molar-refractivity contribution in [2.24, 2.45) is 23.2 Å². The van der Waals surface area contributed by atoms with Gasteiger partial charge in [0.25, 0.3) is 0 Å². The van der Waals surface area contributed by atoms with Crippen LogP contribution in [-0.2, 0) is 9.53 Å². The van der Waals surface area contributed by atoms with Crippen molar-refractivity contribution < 1.29 is 9.53 Å². The van der Waals surface area contributed by atoms with Crippen LogP contribution in [0.4, 0.5) is 0 Å². The smallest absolute Gasteiger partial charge is 0.310 e. The van der Waals surface area contributed by atoms with Gasteiger partial charge in [0.05, 0.1) is 12.0 Å². The zero-order chi connectivity index (χ0) is 24.7. The molecule has 4 aliphatic rings. The molecule has 4 fully saturated rings. The Hall–Kier alpha value is -2.43. The molecule has 0 amide bonds. The lowest BCUT2D eigenvalue weighted by Gasteiger charge is -2.50. The molecule has 0 aromatic heterocycles. The minimum Gasteiger partial charge on any atom is -0.462 e. The number of nitrogens with zero attached hydrogens (tertiary/aromatic N) is 2. The lowest BCUT2D eigenvalue weighted by atomic mass is 9.55. The second-order valence-electron chi connectivity index (χ2n) is 12.0. The number of carbonyl (C=O) groups excluding carboxylic acids is 1. The van der Waals surface area contributed by atoms with E-state index < -0.39 is 0 Å². The van der Waals surface area contributed by atoms with E-state index in [1.807, 2.05) is 0 Å². The molecule has 4 nitrogen and oxygen atoms in total. The van der Waals surface area contributed by atoms with Crippen molar-refractivity contribution in [3.63, 3.8) is 0 Å². The molecule has 2 saturated carbocycles. The molecule has 190 valence electrons. The van der Waals surface area contributed by atoms with Gasteiger partial charge < -0.3 is 4.74 Å². The van der Waals surface area contributed by atoms with Crippen molar-refractivity contribution in [1.82, 2.24) is 9.80 Å². The number of piperazine rings is 1. The summed E-state index contributed by atoms with van der Waals surface area (Å²) in [5.74, 6) is 0.968. The van der Waals surface area contributed by atoms with E-state index in [4.69, 9.17) is 4.74 Å². The number of hydrogen-bond acceptors (Lipinski definition) is 4. The van der Waals surface area contributed by atoms with Crippen molar-refractivity contribution in [3.05, 3.63) is 83.9 Å². The zero-order valence-electron chi connectivity index (χ0n) is 21.6. The van der Waals surface area contributed by atoms with Crippen molar-refractivity contribution in [3.8, 4) is 0 Å². The second-order valence-corrected chi connectivity index (χ2v) is 12.0. The van der Waals surface area contributed by atoms with Crippen LogP contribution in [0.25, 0.3) is 0 Å². The molecule has 0 spiro atoms. The summed E-state index contributed by atoms with van der Waals surface area (Å²) in [4.78, 5) is 18.2. The second kappa shape index (κ2) is 9.79. The fourth-order valence-electron chi connectivity index (χ4n) is 7.83. The SMILES string of the molecule is C=C1CCC[C@]2(C)C[C@H]3OC(=O)[C@H](CN4CCN(C(c5ccccc5)c5ccccc5)CC4)[C@H]3C[C@@H]12. The van der Waals surface area contributed by atoms with Crippen molar-refractivity contribution in [2.75, 3.05) is 32.7 Å². The minimum atomic E-state index is 0.0138. The van der Waals surface area contributed by atoms with Gasteiger partial charge in [0, 0.05) is 38.6 Å². The summed E-state index contributed by atoms with van der Waals surface area (Å²) in [6.07, 6.45) is 5.85. The maximum atomic E-state index is 13.1. The van der Waals surface area contributed by atoms with Gasteiger partial charge in [-0.05, 0) is 54.6 Å². The first-order valence-electron chi connectivity index (χ1n) is 14.0. The molecule has 0 radical (unpaired) electrons.